The summed E-state index contributed by atoms with van der Waals surface area (Å²) < 4.78 is 0. The van der Waals surface area contributed by atoms with Gasteiger partial charge in [-0.3, -0.25) is 0 Å². The van der Waals surface area contributed by atoms with E-state index in [0.717, 1.165) is 12.5 Å². The average Bonchev–Trinajstić information content (AvgIpc) is 2.37. The van der Waals surface area contributed by atoms with Gasteiger partial charge in [0.15, 0.2) is 0 Å². The summed E-state index contributed by atoms with van der Waals surface area (Å²) in [5.74, 6) is 1.29. The summed E-state index contributed by atoms with van der Waals surface area (Å²) in [4.78, 5) is 2.43. The van der Waals surface area contributed by atoms with Crippen LogP contribution in [0.1, 0.15) is 45.7 Å². The minimum absolute atomic E-state index is 0.0818. The van der Waals surface area contributed by atoms with Crippen molar-refractivity contribution >= 4 is 0 Å². The molecule has 108 valence electrons. The molecule has 0 aliphatic carbocycles. The molecule has 0 aromatic heterocycles. The summed E-state index contributed by atoms with van der Waals surface area (Å²) in [7, 11) is 2.20. The molecule has 0 aliphatic heterocycles. The number of hydrogen-bond acceptors (Lipinski definition) is 2. The van der Waals surface area contributed by atoms with Crippen molar-refractivity contribution in [2.45, 2.75) is 46.2 Å². The van der Waals surface area contributed by atoms with Gasteiger partial charge in [-0.2, -0.15) is 0 Å². The molecule has 2 N–H and O–H groups in total. The molecule has 0 spiro atoms. The van der Waals surface area contributed by atoms with E-state index >= 15 is 0 Å². The van der Waals surface area contributed by atoms with Crippen molar-refractivity contribution in [3.05, 3.63) is 35.9 Å². The van der Waals surface area contributed by atoms with Crippen LogP contribution >= 0.6 is 0 Å². The normalized spacial score (nSPS) is 15.2. The Bertz CT molecular complexity index is 346. The van der Waals surface area contributed by atoms with Crippen molar-refractivity contribution < 1.29 is 0 Å². The molecule has 0 radical (unpaired) electrons. The first-order chi connectivity index (χ1) is 8.93. The van der Waals surface area contributed by atoms with E-state index in [1.807, 2.05) is 6.07 Å². The summed E-state index contributed by atoms with van der Waals surface area (Å²) in [6, 6.07) is 10.9. The standard InChI is InChI=1S/C17H30N2/c1-13(2)11-12-19(5)17(14(3)4)16(18)15-9-7-6-8-10-15/h6-10,13-14,16-17H,11-12,18H2,1-5H3. The molecular weight excluding hydrogens is 232 g/mol. The second-order valence-corrected chi connectivity index (χ2v) is 6.33. The molecular formula is C17H30N2. The maximum absolute atomic E-state index is 6.51. The van der Waals surface area contributed by atoms with Crippen LogP contribution in [0.5, 0.6) is 0 Å². The zero-order valence-electron chi connectivity index (χ0n) is 13.1. The largest absolute Gasteiger partial charge is 0.323 e. The van der Waals surface area contributed by atoms with E-state index in [0.29, 0.717) is 12.0 Å². The van der Waals surface area contributed by atoms with Crippen LogP contribution in [0, 0.1) is 11.8 Å². The quantitative estimate of drug-likeness (QED) is 0.812. The number of likely N-dealkylation sites (N-methyl/N-ethyl adjacent to an activating group) is 1. The van der Waals surface area contributed by atoms with Crippen LogP contribution in [-0.2, 0) is 0 Å². The van der Waals surface area contributed by atoms with Crippen LogP contribution < -0.4 is 5.73 Å². The Labute approximate surface area is 119 Å². The van der Waals surface area contributed by atoms with Crippen LogP contribution in [0.25, 0.3) is 0 Å². The SMILES string of the molecule is CC(C)CCN(C)C(C(C)C)C(N)c1ccccc1. The van der Waals surface area contributed by atoms with Crippen LogP contribution in [0.4, 0.5) is 0 Å². The van der Waals surface area contributed by atoms with E-state index in [1.54, 1.807) is 0 Å². The van der Waals surface area contributed by atoms with E-state index < -0.39 is 0 Å². The van der Waals surface area contributed by atoms with Crippen molar-refractivity contribution in [3.63, 3.8) is 0 Å². The van der Waals surface area contributed by atoms with Gasteiger partial charge in [0, 0.05) is 12.1 Å². The fraction of sp³-hybridized carbons (Fsp3) is 0.647. The number of nitrogens with zero attached hydrogens (tertiary/aromatic N) is 1. The molecule has 0 saturated heterocycles. The number of benzene rings is 1. The summed E-state index contributed by atoms with van der Waals surface area (Å²) >= 11 is 0. The number of rotatable bonds is 7. The van der Waals surface area contributed by atoms with Crippen molar-refractivity contribution in [2.75, 3.05) is 13.6 Å². The van der Waals surface area contributed by atoms with Gasteiger partial charge in [0.05, 0.1) is 0 Å². The van der Waals surface area contributed by atoms with E-state index in [4.69, 9.17) is 5.73 Å². The molecule has 0 aliphatic rings. The maximum Gasteiger partial charge on any atom is 0.0455 e. The first-order valence-electron chi connectivity index (χ1n) is 7.44. The molecule has 0 fully saturated rings. The minimum Gasteiger partial charge on any atom is -0.323 e. The third-order valence-electron chi connectivity index (χ3n) is 3.80. The van der Waals surface area contributed by atoms with Crippen LogP contribution in [-0.4, -0.2) is 24.5 Å². The Morgan fingerprint density at radius 2 is 1.63 bits per heavy atom. The molecule has 0 bridgehead atoms. The van der Waals surface area contributed by atoms with Gasteiger partial charge < -0.3 is 10.6 Å². The fourth-order valence-corrected chi connectivity index (χ4v) is 2.68. The van der Waals surface area contributed by atoms with Gasteiger partial charge in [-0.1, -0.05) is 58.0 Å². The lowest BCUT2D eigenvalue weighted by atomic mass is 9.90. The Morgan fingerprint density at radius 3 is 2.11 bits per heavy atom. The van der Waals surface area contributed by atoms with Crippen LogP contribution in [0.15, 0.2) is 30.3 Å². The highest BCUT2D eigenvalue weighted by Crippen LogP contribution is 2.24. The highest BCUT2D eigenvalue weighted by molar-refractivity contribution is 5.20. The highest BCUT2D eigenvalue weighted by Gasteiger charge is 2.26. The minimum atomic E-state index is 0.0818. The Kier molecular flexibility index (Phi) is 6.53. The molecule has 19 heavy (non-hydrogen) atoms. The molecule has 2 nitrogen and oxygen atoms in total. The van der Waals surface area contributed by atoms with Gasteiger partial charge in [0.2, 0.25) is 0 Å². The molecule has 0 heterocycles. The topological polar surface area (TPSA) is 29.3 Å². The highest BCUT2D eigenvalue weighted by atomic mass is 15.1. The second kappa shape index (κ2) is 7.66. The predicted octanol–water partition coefficient (Wildman–Crippen LogP) is 3.69. The number of nitrogens with two attached hydrogens (primary N) is 1. The average molecular weight is 262 g/mol. The third-order valence-corrected chi connectivity index (χ3v) is 3.80. The molecule has 2 heteroatoms. The van der Waals surface area contributed by atoms with Gasteiger partial charge in [-0.15, -0.1) is 0 Å². The Hall–Kier alpha value is -0.860. The van der Waals surface area contributed by atoms with Gasteiger partial charge >= 0.3 is 0 Å². The van der Waals surface area contributed by atoms with E-state index in [9.17, 15) is 0 Å². The zero-order chi connectivity index (χ0) is 14.4. The Morgan fingerprint density at radius 1 is 1.05 bits per heavy atom. The van der Waals surface area contributed by atoms with Crippen molar-refractivity contribution in [1.29, 1.82) is 0 Å². The number of hydrogen-bond donors (Lipinski definition) is 1. The van der Waals surface area contributed by atoms with E-state index in [1.165, 1.54) is 12.0 Å². The lowest BCUT2D eigenvalue weighted by molar-refractivity contribution is 0.156. The lowest BCUT2D eigenvalue weighted by Gasteiger charge is -2.36. The van der Waals surface area contributed by atoms with Gasteiger partial charge in [-0.25, -0.2) is 0 Å². The molecule has 1 aromatic rings. The molecule has 1 aromatic carbocycles. The predicted molar refractivity (Wildman–Crippen MR) is 84.1 cm³/mol. The zero-order valence-corrected chi connectivity index (χ0v) is 13.1. The van der Waals surface area contributed by atoms with E-state index in [2.05, 4.69) is 63.9 Å². The van der Waals surface area contributed by atoms with Crippen molar-refractivity contribution in [1.82, 2.24) is 4.90 Å². The second-order valence-electron chi connectivity index (χ2n) is 6.33. The summed E-state index contributed by atoms with van der Waals surface area (Å²) in [6.45, 7) is 10.2. The van der Waals surface area contributed by atoms with Crippen LogP contribution in [0.3, 0.4) is 0 Å². The molecule has 0 amide bonds. The molecule has 1 rings (SSSR count). The van der Waals surface area contributed by atoms with Crippen LogP contribution in [0.2, 0.25) is 0 Å². The van der Waals surface area contributed by atoms with Gasteiger partial charge in [-0.05, 0) is 37.4 Å². The summed E-state index contributed by atoms with van der Waals surface area (Å²) in [5, 5.41) is 0. The molecule has 2 atom stereocenters. The van der Waals surface area contributed by atoms with Crippen molar-refractivity contribution in [3.8, 4) is 0 Å². The third kappa shape index (κ3) is 4.96. The monoisotopic (exact) mass is 262 g/mol. The fourth-order valence-electron chi connectivity index (χ4n) is 2.68. The first-order valence-corrected chi connectivity index (χ1v) is 7.44. The van der Waals surface area contributed by atoms with Gasteiger partial charge in [0.25, 0.3) is 0 Å². The smallest absolute Gasteiger partial charge is 0.0455 e. The molecule has 0 saturated carbocycles. The Balaban J connectivity index is 2.76. The summed E-state index contributed by atoms with van der Waals surface area (Å²) in [5.41, 5.74) is 7.74. The molecule has 2 unspecified atom stereocenters. The van der Waals surface area contributed by atoms with Gasteiger partial charge in [0.1, 0.15) is 0 Å². The van der Waals surface area contributed by atoms with Crippen molar-refractivity contribution in [2.24, 2.45) is 17.6 Å². The lowest BCUT2D eigenvalue weighted by Crippen LogP contribution is -2.44. The summed E-state index contributed by atoms with van der Waals surface area (Å²) in [6.07, 6.45) is 1.22. The first kappa shape index (κ1) is 16.2. The van der Waals surface area contributed by atoms with E-state index in [-0.39, 0.29) is 6.04 Å². The maximum atomic E-state index is 6.51.